The Morgan fingerprint density at radius 2 is 2.22 bits per heavy atom. The number of ether oxygens (including phenoxy) is 1. The number of hydrogen-bond donors (Lipinski definition) is 0. The molecule has 5 nitrogen and oxygen atoms in total. The van der Waals surface area contributed by atoms with E-state index in [1.165, 1.54) is 36.4 Å². The van der Waals surface area contributed by atoms with Crippen LogP contribution in [0.25, 0.3) is 5.69 Å². The molecule has 1 aromatic heterocycles. The summed E-state index contributed by atoms with van der Waals surface area (Å²) in [5.74, 6) is -2.13. The minimum absolute atomic E-state index is 0.00493. The Kier molecular flexibility index (Phi) is 3.20. The number of aliphatic imine (C=N–C) groups is 1. The van der Waals surface area contributed by atoms with Crippen LogP contribution < -0.4 is 0 Å². The molecule has 2 heterocycles. The summed E-state index contributed by atoms with van der Waals surface area (Å²) >= 11 is 6.18. The smallest absolute Gasteiger partial charge is 0.303 e. The molecule has 27 heavy (non-hydrogen) atoms. The number of hydrogen-bond acceptors (Lipinski definition) is 4. The molecule has 4 rings (SSSR count). The van der Waals surface area contributed by atoms with Crippen LogP contribution >= 0.6 is 11.6 Å². The number of imidazole rings is 1. The zero-order valence-corrected chi connectivity index (χ0v) is 14.7. The summed E-state index contributed by atoms with van der Waals surface area (Å²) in [5.41, 5.74) is -0.159. The molecule has 7 heteroatoms. The van der Waals surface area contributed by atoms with Crippen LogP contribution in [-0.2, 0) is 22.6 Å². The Morgan fingerprint density at radius 1 is 1.41 bits per heavy atom. The second kappa shape index (κ2) is 6.96. The monoisotopic (exact) mass is 388 g/mol. The quantitative estimate of drug-likeness (QED) is 0.635. The number of fused-ring (bicyclic) bond motifs is 3. The SMILES string of the molecule is [2H]c1nc(C([2H])([2H])OC(C)=O)n2c1C([2H])([2H])N=C(c1ccccc1F)c1cc(Cl)ccc1-2. The highest BCUT2D eigenvalue weighted by atomic mass is 35.5. The van der Waals surface area contributed by atoms with Gasteiger partial charge in [-0.25, -0.2) is 9.37 Å². The lowest BCUT2D eigenvalue weighted by Gasteiger charge is -2.15. The van der Waals surface area contributed by atoms with Crippen molar-refractivity contribution in [2.75, 3.05) is 0 Å². The molecule has 0 saturated carbocycles. The minimum atomic E-state index is -2.80. The number of esters is 1. The summed E-state index contributed by atoms with van der Waals surface area (Å²) in [7, 11) is 0. The Balaban J connectivity index is 2.11. The van der Waals surface area contributed by atoms with E-state index >= 15 is 0 Å². The third kappa shape index (κ3) is 3.24. The van der Waals surface area contributed by atoms with Gasteiger partial charge in [0.2, 0.25) is 0 Å². The second-order valence-electron chi connectivity index (χ2n) is 5.64. The first-order valence-corrected chi connectivity index (χ1v) is 8.25. The van der Waals surface area contributed by atoms with E-state index in [-0.39, 0.29) is 27.5 Å². The van der Waals surface area contributed by atoms with E-state index in [2.05, 4.69) is 9.98 Å². The Bertz CT molecular complexity index is 1290. The lowest BCUT2D eigenvalue weighted by Crippen LogP contribution is -2.12. The first-order chi connectivity index (χ1) is 14.9. The van der Waals surface area contributed by atoms with Crippen molar-refractivity contribution in [1.82, 2.24) is 9.55 Å². The van der Waals surface area contributed by atoms with Crippen molar-refractivity contribution in [3.8, 4) is 5.69 Å². The van der Waals surface area contributed by atoms with Crippen LogP contribution in [0.3, 0.4) is 0 Å². The van der Waals surface area contributed by atoms with Crippen LogP contribution in [0.15, 0.2) is 53.6 Å². The van der Waals surface area contributed by atoms with Gasteiger partial charge in [0.1, 0.15) is 12.4 Å². The van der Waals surface area contributed by atoms with E-state index in [1.54, 1.807) is 6.07 Å². The molecule has 1 aliphatic heterocycles. The fraction of sp³-hybridized carbons (Fsp3) is 0.150. The molecule has 0 saturated heterocycles. The van der Waals surface area contributed by atoms with Crippen molar-refractivity contribution in [1.29, 1.82) is 0 Å². The normalized spacial score (nSPS) is 17.7. The van der Waals surface area contributed by atoms with E-state index in [0.29, 0.717) is 0 Å². The van der Waals surface area contributed by atoms with Crippen LogP contribution in [0.1, 0.15) is 36.4 Å². The van der Waals surface area contributed by atoms with Crippen LogP contribution in [-0.4, -0.2) is 21.2 Å². The predicted molar refractivity (Wildman–Crippen MR) is 99.8 cm³/mol. The summed E-state index contributed by atoms with van der Waals surface area (Å²) in [6.45, 7) is -4.40. The van der Waals surface area contributed by atoms with Gasteiger partial charge >= 0.3 is 5.97 Å². The molecule has 2 aromatic carbocycles. The Labute approximate surface area is 167 Å². The van der Waals surface area contributed by atoms with Crippen molar-refractivity contribution >= 4 is 23.3 Å². The van der Waals surface area contributed by atoms with Crippen molar-refractivity contribution in [3.63, 3.8) is 0 Å². The molecule has 0 spiro atoms. The first-order valence-electron chi connectivity index (χ1n) is 10.4. The molecule has 0 unspecified atom stereocenters. The summed E-state index contributed by atoms with van der Waals surface area (Å²) in [6.07, 6.45) is -0.611. The maximum atomic E-state index is 14.7. The number of aromatic nitrogens is 2. The van der Waals surface area contributed by atoms with Gasteiger partial charge in [-0.05, 0) is 30.3 Å². The van der Waals surface area contributed by atoms with Crippen molar-refractivity contribution in [2.45, 2.75) is 20.0 Å². The molecule has 0 atom stereocenters. The molecule has 0 bridgehead atoms. The summed E-state index contributed by atoms with van der Waals surface area (Å²) in [6, 6.07) is 10.0. The number of carbonyl (C=O) groups excluding carboxylic acids is 1. The number of carbonyl (C=O) groups is 1. The van der Waals surface area contributed by atoms with Gasteiger partial charge in [-0.1, -0.05) is 23.7 Å². The van der Waals surface area contributed by atoms with E-state index in [1.807, 2.05) is 0 Å². The van der Waals surface area contributed by atoms with Gasteiger partial charge in [-0.3, -0.25) is 14.4 Å². The number of benzene rings is 2. The largest absolute Gasteiger partial charge is 0.458 e. The van der Waals surface area contributed by atoms with Gasteiger partial charge in [0.15, 0.2) is 5.82 Å². The topological polar surface area (TPSA) is 56.5 Å². The summed E-state index contributed by atoms with van der Waals surface area (Å²) in [4.78, 5) is 19.4. The highest BCUT2D eigenvalue weighted by molar-refractivity contribution is 6.31. The first kappa shape index (κ1) is 12.4. The minimum Gasteiger partial charge on any atom is -0.458 e. The molecule has 0 aliphatic carbocycles. The average Bonchev–Trinajstić information content (AvgIpc) is 3.00. The third-order valence-electron chi connectivity index (χ3n) is 3.85. The average molecular weight is 389 g/mol. The van der Waals surface area contributed by atoms with Gasteiger partial charge in [0.25, 0.3) is 0 Å². The third-order valence-corrected chi connectivity index (χ3v) is 4.08. The maximum Gasteiger partial charge on any atom is 0.303 e. The Morgan fingerprint density at radius 3 is 3.00 bits per heavy atom. The molecular formula is C20H15ClFN3O2. The maximum absolute atomic E-state index is 14.7. The number of nitrogens with zero attached hydrogens (tertiary/aromatic N) is 3. The molecule has 1 aliphatic rings. The van der Waals surface area contributed by atoms with Gasteiger partial charge < -0.3 is 4.74 Å². The lowest BCUT2D eigenvalue weighted by atomic mass is 10.00. The fourth-order valence-corrected chi connectivity index (χ4v) is 2.90. The summed E-state index contributed by atoms with van der Waals surface area (Å²) < 4.78 is 62.2. The van der Waals surface area contributed by atoms with Gasteiger partial charge in [-0.2, -0.15) is 0 Å². The van der Waals surface area contributed by atoms with Crippen LogP contribution in [0.5, 0.6) is 0 Å². The van der Waals surface area contributed by atoms with E-state index in [9.17, 15) is 9.18 Å². The molecular weight excluding hydrogens is 369 g/mol. The molecule has 0 radical (unpaired) electrons. The highest BCUT2D eigenvalue weighted by Crippen LogP contribution is 2.29. The number of halogens is 2. The molecule has 3 aromatic rings. The van der Waals surface area contributed by atoms with Crippen LogP contribution in [0.4, 0.5) is 4.39 Å². The predicted octanol–water partition coefficient (Wildman–Crippen LogP) is 4.08. The van der Waals surface area contributed by atoms with Crippen molar-refractivity contribution in [3.05, 3.63) is 82.1 Å². The zero-order chi connectivity index (χ0) is 23.4. The molecule has 0 fully saturated rings. The lowest BCUT2D eigenvalue weighted by molar-refractivity contribution is -0.142. The highest BCUT2D eigenvalue weighted by Gasteiger charge is 2.23. The van der Waals surface area contributed by atoms with E-state index < -0.39 is 42.5 Å². The van der Waals surface area contributed by atoms with Crippen molar-refractivity contribution in [2.24, 2.45) is 4.99 Å². The standard InChI is InChI=1S/C20H15ClFN3O2/c1-12(26)27-11-19-23-9-14-10-24-20(15-4-2-3-5-17(15)22)16-8-13(21)6-7-18(16)25(14)19/h2-9H,10-11H2,1H3/i9D,10D2,11D2. The summed E-state index contributed by atoms with van der Waals surface area (Å²) in [5, 5.41) is 0.243. The van der Waals surface area contributed by atoms with Crippen LogP contribution in [0, 0.1) is 5.82 Å². The second-order valence-corrected chi connectivity index (χ2v) is 6.08. The Hall–Kier alpha value is -2.99. The van der Waals surface area contributed by atoms with Crippen LogP contribution in [0.2, 0.25) is 5.02 Å². The molecule has 0 N–H and O–H groups in total. The van der Waals surface area contributed by atoms with Crippen molar-refractivity contribution < 1.29 is 20.8 Å². The van der Waals surface area contributed by atoms with Gasteiger partial charge in [0, 0.05) is 23.1 Å². The van der Waals surface area contributed by atoms with Gasteiger partial charge in [-0.15, -0.1) is 0 Å². The van der Waals surface area contributed by atoms with E-state index in [0.717, 1.165) is 11.5 Å². The molecule has 136 valence electrons. The number of rotatable bonds is 3. The van der Waals surface area contributed by atoms with Gasteiger partial charge in [0.05, 0.1) is 36.6 Å². The zero-order valence-electron chi connectivity index (χ0n) is 19.0. The fourth-order valence-electron chi connectivity index (χ4n) is 2.73. The van der Waals surface area contributed by atoms with E-state index in [4.69, 9.17) is 23.2 Å². The molecule has 0 amide bonds.